The van der Waals surface area contributed by atoms with Crippen molar-refractivity contribution in [3.63, 3.8) is 0 Å². The number of nitrogens with one attached hydrogen (secondary N) is 1. The number of carboxylic acid groups (broad SMARTS) is 1. The fourth-order valence-corrected chi connectivity index (χ4v) is 2.70. The predicted octanol–water partition coefficient (Wildman–Crippen LogP) is 2.76. The van der Waals surface area contributed by atoms with Crippen molar-refractivity contribution in [1.82, 2.24) is 4.90 Å². The van der Waals surface area contributed by atoms with Gasteiger partial charge in [0.2, 0.25) is 0 Å². The van der Waals surface area contributed by atoms with Crippen molar-refractivity contribution in [2.24, 2.45) is 0 Å². The number of benzene rings is 1. The molecule has 5 nitrogen and oxygen atoms in total. The molecular weight excluding hydrogens is 359 g/mol. The molecule has 2 amide bonds. The number of carboxylic acids is 1. The van der Waals surface area contributed by atoms with Crippen molar-refractivity contribution in [3.05, 3.63) is 27.8 Å². The van der Waals surface area contributed by atoms with Crippen molar-refractivity contribution >= 4 is 40.3 Å². The molecule has 1 aliphatic heterocycles. The summed E-state index contributed by atoms with van der Waals surface area (Å²) >= 11 is 2.13. The number of nitrogens with zero attached hydrogens (tertiary/aromatic N) is 1. The van der Waals surface area contributed by atoms with Gasteiger partial charge < -0.3 is 15.3 Å². The van der Waals surface area contributed by atoms with Gasteiger partial charge >= 0.3 is 12.0 Å². The van der Waals surface area contributed by atoms with Crippen LogP contribution in [0.1, 0.15) is 19.3 Å². The van der Waals surface area contributed by atoms with E-state index in [2.05, 4.69) is 27.9 Å². The molecule has 2 N–H and O–H groups in total. The molecule has 2 rings (SSSR count). The number of hydrogen-bond acceptors (Lipinski definition) is 2. The Morgan fingerprint density at radius 3 is 2.74 bits per heavy atom. The summed E-state index contributed by atoms with van der Waals surface area (Å²) in [5.74, 6) is -0.933. The standard InChI is InChI=1S/C13H15IN2O3/c14-9-5-1-2-6-10(9)15-13(19)16-8-4-3-7-11(16)12(17)18/h1-2,5-6,11H,3-4,7-8H2,(H,15,19)(H,17,18). The molecule has 0 aliphatic carbocycles. The third kappa shape index (κ3) is 3.37. The number of piperidine rings is 1. The number of para-hydroxylation sites is 1. The van der Waals surface area contributed by atoms with Crippen molar-refractivity contribution in [2.75, 3.05) is 11.9 Å². The number of likely N-dealkylation sites (tertiary alicyclic amines) is 1. The van der Waals surface area contributed by atoms with Gasteiger partial charge in [-0.05, 0) is 54.0 Å². The van der Waals surface area contributed by atoms with E-state index in [4.69, 9.17) is 5.11 Å². The van der Waals surface area contributed by atoms with Gasteiger partial charge in [-0.2, -0.15) is 0 Å². The van der Waals surface area contributed by atoms with E-state index in [0.29, 0.717) is 18.7 Å². The Morgan fingerprint density at radius 1 is 1.32 bits per heavy atom. The van der Waals surface area contributed by atoms with Crippen LogP contribution in [0.3, 0.4) is 0 Å². The zero-order valence-electron chi connectivity index (χ0n) is 10.3. The lowest BCUT2D eigenvalue weighted by atomic mass is 10.0. The molecule has 1 aromatic carbocycles. The van der Waals surface area contributed by atoms with Crippen LogP contribution in [0.2, 0.25) is 0 Å². The van der Waals surface area contributed by atoms with Crippen LogP contribution in [0.5, 0.6) is 0 Å². The third-order valence-corrected chi connectivity index (χ3v) is 4.10. The van der Waals surface area contributed by atoms with E-state index in [0.717, 1.165) is 16.4 Å². The highest BCUT2D eigenvalue weighted by atomic mass is 127. The first-order chi connectivity index (χ1) is 9.09. The normalized spacial score (nSPS) is 19.0. The van der Waals surface area contributed by atoms with Gasteiger partial charge in [0.1, 0.15) is 6.04 Å². The van der Waals surface area contributed by atoms with Gasteiger partial charge in [0.05, 0.1) is 5.69 Å². The topological polar surface area (TPSA) is 69.6 Å². The molecule has 1 aromatic rings. The number of halogens is 1. The molecule has 1 fully saturated rings. The van der Waals surface area contributed by atoms with Crippen molar-refractivity contribution < 1.29 is 14.7 Å². The van der Waals surface area contributed by atoms with Gasteiger partial charge in [0.15, 0.2) is 0 Å². The molecule has 1 atom stereocenters. The summed E-state index contributed by atoms with van der Waals surface area (Å²) < 4.78 is 0.928. The highest BCUT2D eigenvalue weighted by Gasteiger charge is 2.32. The fraction of sp³-hybridized carbons (Fsp3) is 0.385. The van der Waals surface area contributed by atoms with Gasteiger partial charge in [-0.3, -0.25) is 0 Å². The Hall–Kier alpha value is -1.31. The second-order valence-corrected chi connectivity index (χ2v) is 5.62. The van der Waals surface area contributed by atoms with E-state index in [-0.39, 0.29) is 6.03 Å². The molecule has 0 saturated carbocycles. The lowest BCUT2D eigenvalue weighted by Gasteiger charge is -2.32. The largest absolute Gasteiger partial charge is 0.480 e. The minimum Gasteiger partial charge on any atom is -0.480 e. The highest BCUT2D eigenvalue weighted by molar-refractivity contribution is 14.1. The average molecular weight is 374 g/mol. The summed E-state index contributed by atoms with van der Waals surface area (Å²) in [6.07, 6.45) is 2.22. The zero-order valence-corrected chi connectivity index (χ0v) is 12.5. The lowest BCUT2D eigenvalue weighted by molar-refractivity contribution is -0.143. The molecule has 19 heavy (non-hydrogen) atoms. The van der Waals surface area contributed by atoms with Crippen molar-refractivity contribution in [3.8, 4) is 0 Å². The van der Waals surface area contributed by atoms with E-state index in [1.165, 1.54) is 4.90 Å². The molecule has 0 spiro atoms. The van der Waals surface area contributed by atoms with Gasteiger partial charge in [-0.1, -0.05) is 12.1 Å². The van der Waals surface area contributed by atoms with Crippen molar-refractivity contribution in [1.29, 1.82) is 0 Å². The maximum absolute atomic E-state index is 12.2. The van der Waals surface area contributed by atoms with Crippen molar-refractivity contribution in [2.45, 2.75) is 25.3 Å². The van der Waals surface area contributed by atoms with Crippen LogP contribution in [-0.4, -0.2) is 34.6 Å². The van der Waals surface area contributed by atoms with Crippen LogP contribution >= 0.6 is 22.6 Å². The summed E-state index contributed by atoms with van der Waals surface area (Å²) in [5, 5.41) is 11.9. The second kappa shape index (κ2) is 6.23. The summed E-state index contributed by atoms with van der Waals surface area (Å²) in [6, 6.07) is 6.37. The third-order valence-electron chi connectivity index (χ3n) is 3.16. The van der Waals surface area contributed by atoms with E-state index in [1.54, 1.807) is 6.07 Å². The second-order valence-electron chi connectivity index (χ2n) is 4.45. The number of urea groups is 1. The molecule has 1 heterocycles. The summed E-state index contributed by atoms with van der Waals surface area (Å²) in [4.78, 5) is 24.8. The van der Waals surface area contributed by atoms with Gasteiger partial charge in [-0.25, -0.2) is 9.59 Å². The molecule has 6 heteroatoms. The number of rotatable bonds is 2. The Balaban J connectivity index is 2.10. The maximum Gasteiger partial charge on any atom is 0.326 e. The molecule has 102 valence electrons. The molecule has 0 radical (unpaired) electrons. The van der Waals surface area contributed by atoms with E-state index >= 15 is 0 Å². The summed E-state index contributed by atoms with van der Waals surface area (Å²) in [5.41, 5.74) is 0.711. The number of amides is 2. The van der Waals surface area contributed by atoms with Gasteiger partial charge in [-0.15, -0.1) is 0 Å². The predicted molar refractivity (Wildman–Crippen MR) is 80.2 cm³/mol. The van der Waals surface area contributed by atoms with Crippen LogP contribution in [0.15, 0.2) is 24.3 Å². The van der Waals surface area contributed by atoms with Gasteiger partial charge in [0.25, 0.3) is 0 Å². The minimum atomic E-state index is -0.933. The molecule has 0 aromatic heterocycles. The molecule has 0 bridgehead atoms. The Labute approximate surface area is 125 Å². The number of aliphatic carboxylic acids is 1. The highest BCUT2D eigenvalue weighted by Crippen LogP contribution is 2.21. The van der Waals surface area contributed by atoms with Crippen LogP contribution in [-0.2, 0) is 4.79 Å². The van der Waals surface area contributed by atoms with Crippen LogP contribution < -0.4 is 5.32 Å². The lowest BCUT2D eigenvalue weighted by Crippen LogP contribution is -2.49. The Kier molecular flexibility index (Phi) is 4.62. The smallest absolute Gasteiger partial charge is 0.326 e. The van der Waals surface area contributed by atoms with Crippen LogP contribution in [0.4, 0.5) is 10.5 Å². The first kappa shape index (κ1) is 14.1. The Morgan fingerprint density at radius 2 is 2.05 bits per heavy atom. The zero-order chi connectivity index (χ0) is 13.8. The first-order valence-corrected chi connectivity index (χ1v) is 7.22. The SMILES string of the molecule is O=C(O)C1CCCCN1C(=O)Nc1ccccc1I. The van der Waals surface area contributed by atoms with E-state index in [1.807, 2.05) is 18.2 Å². The fourth-order valence-electron chi connectivity index (χ4n) is 2.18. The quantitative estimate of drug-likeness (QED) is 0.783. The summed E-state index contributed by atoms with van der Waals surface area (Å²) in [7, 11) is 0. The molecular formula is C13H15IN2O3. The van der Waals surface area contributed by atoms with Crippen LogP contribution in [0, 0.1) is 3.57 Å². The maximum atomic E-state index is 12.2. The van der Waals surface area contributed by atoms with Crippen LogP contribution in [0.25, 0.3) is 0 Å². The molecule has 1 saturated heterocycles. The number of carbonyl (C=O) groups is 2. The number of hydrogen-bond donors (Lipinski definition) is 2. The Bertz CT molecular complexity index is 493. The monoisotopic (exact) mass is 374 g/mol. The average Bonchev–Trinajstić information content (AvgIpc) is 2.41. The first-order valence-electron chi connectivity index (χ1n) is 6.14. The van der Waals surface area contributed by atoms with Gasteiger partial charge in [0, 0.05) is 10.1 Å². The molecule has 1 aliphatic rings. The van der Waals surface area contributed by atoms with E-state index in [9.17, 15) is 9.59 Å². The molecule has 1 unspecified atom stereocenters. The summed E-state index contributed by atoms with van der Waals surface area (Å²) in [6.45, 7) is 0.492. The van der Waals surface area contributed by atoms with E-state index < -0.39 is 12.0 Å². The number of carbonyl (C=O) groups excluding carboxylic acids is 1. The minimum absolute atomic E-state index is 0.337. The number of anilines is 1.